The summed E-state index contributed by atoms with van der Waals surface area (Å²) in [5, 5.41) is 5.07. The fourth-order valence-corrected chi connectivity index (χ4v) is 4.15. The molecule has 0 saturated carbocycles. The van der Waals surface area contributed by atoms with Crippen molar-refractivity contribution in [3.63, 3.8) is 0 Å². The van der Waals surface area contributed by atoms with Crippen LogP contribution in [0.4, 0.5) is 0 Å². The van der Waals surface area contributed by atoms with Crippen molar-refractivity contribution in [2.45, 2.75) is 19.3 Å². The molecule has 1 heterocycles. The summed E-state index contributed by atoms with van der Waals surface area (Å²) in [5.41, 5.74) is 4.87. The van der Waals surface area contributed by atoms with Crippen molar-refractivity contribution in [3.8, 4) is 11.3 Å². The Bertz CT molecular complexity index is 1010. The molecule has 1 aliphatic carbocycles. The van der Waals surface area contributed by atoms with Crippen LogP contribution in [0.1, 0.15) is 25.0 Å². The van der Waals surface area contributed by atoms with Gasteiger partial charge in [-0.2, -0.15) is 0 Å². The van der Waals surface area contributed by atoms with Crippen LogP contribution in [0, 0.1) is 6.07 Å². The molecule has 2 heteroatoms. The third-order valence-electron chi connectivity index (χ3n) is 5.14. The van der Waals surface area contributed by atoms with Crippen LogP contribution in [-0.4, -0.2) is 4.98 Å². The number of fused-ring (bicyclic) bond motifs is 7. The Morgan fingerprint density at radius 3 is 2.21 bits per heavy atom. The molecule has 0 spiro atoms. The third kappa shape index (κ3) is 1.88. The maximum absolute atomic E-state index is 4.80. The van der Waals surface area contributed by atoms with E-state index in [-0.39, 0.29) is 26.5 Å². The Hall–Kier alpha value is -1.98. The molecule has 0 unspecified atom stereocenters. The van der Waals surface area contributed by atoms with Gasteiger partial charge in [-0.3, -0.25) is 0 Å². The molecule has 0 aliphatic heterocycles. The number of nitrogens with zero attached hydrogens (tertiary/aromatic N) is 1. The van der Waals surface area contributed by atoms with Crippen molar-refractivity contribution >= 4 is 21.5 Å². The summed E-state index contributed by atoms with van der Waals surface area (Å²) in [4.78, 5) is 4.80. The van der Waals surface area contributed by atoms with Gasteiger partial charge >= 0.3 is 0 Å². The molecular weight excluding hydrogens is 473 g/mol. The summed E-state index contributed by atoms with van der Waals surface area (Å²) >= 11 is 0. The Balaban J connectivity index is 0.00000146. The van der Waals surface area contributed by atoms with E-state index in [1.165, 1.54) is 32.7 Å². The van der Waals surface area contributed by atoms with E-state index in [4.69, 9.17) is 4.98 Å². The van der Waals surface area contributed by atoms with E-state index in [2.05, 4.69) is 74.5 Å². The first-order valence-corrected chi connectivity index (χ1v) is 8.00. The van der Waals surface area contributed by atoms with Gasteiger partial charge in [0.15, 0.2) is 0 Å². The normalized spacial score (nSPS) is 14.2. The molecule has 4 aromatic rings. The largest absolute Gasteiger partial charge is 0.304 e. The van der Waals surface area contributed by atoms with Gasteiger partial charge in [-0.1, -0.05) is 78.7 Å². The molecule has 24 heavy (non-hydrogen) atoms. The summed E-state index contributed by atoms with van der Waals surface area (Å²) in [7, 11) is 0. The van der Waals surface area contributed by atoms with E-state index in [9.17, 15) is 0 Å². The second kappa shape index (κ2) is 5.26. The van der Waals surface area contributed by atoms with Crippen LogP contribution < -0.4 is 0 Å². The van der Waals surface area contributed by atoms with Gasteiger partial charge in [0.1, 0.15) is 0 Å². The minimum absolute atomic E-state index is 0. The van der Waals surface area contributed by atoms with Gasteiger partial charge in [0.05, 0.1) is 0 Å². The van der Waals surface area contributed by atoms with Gasteiger partial charge in [0.25, 0.3) is 0 Å². The number of benzene rings is 3. The van der Waals surface area contributed by atoms with E-state index < -0.39 is 0 Å². The van der Waals surface area contributed by atoms with Crippen LogP contribution >= 0.6 is 0 Å². The van der Waals surface area contributed by atoms with Crippen LogP contribution in [0.15, 0.2) is 60.8 Å². The van der Waals surface area contributed by atoms with Crippen molar-refractivity contribution in [1.82, 2.24) is 4.98 Å². The maximum Gasteiger partial charge on any atom is 0.0239 e. The van der Waals surface area contributed by atoms with Gasteiger partial charge in [-0.05, 0) is 21.9 Å². The first kappa shape index (κ1) is 15.5. The monoisotopic (exact) mass is 489 g/mol. The van der Waals surface area contributed by atoms with Gasteiger partial charge in [0, 0.05) is 27.3 Å². The van der Waals surface area contributed by atoms with Gasteiger partial charge in [-0.15, -0.1) is 23.3 Å². The number of rotatable bonds is 0. The molecule has 0 fully saturated rings. The first-order valence-electron chi connectivity index (χ1n) is 8.00. The second-order valence-electron chi connectivity index (χ2n) is 6.82. The second-order valence-corrected chi connectivity index (χ2v) is 6.82. The topological polar surface area (TPSA) is 12.9 Å². The fraction of sp³-hybridized carbons (Fsp3) is 0.136. The molecule has 0 amide bonds. The van der Waals surface area contributed by atoms with Crippen molar-refractivity contribution in [2.24, 2.45) is 0 Å². The van der Waals surface area contributed by atoms with Gasteiger partial charge in [0.2, 0.25) is 0 Å². The Morgan fingerprint density at radius 2 is 1.46 bits per heavy atom. The summed E-state index contributed by atoms with van der Waals surface area (Å²) in [6, 6.07) is 22.7. The quantitative estimate of drug-likeness (QED) is 0.298. The van der Waals surface area contributed by atoms with Crippen molar-refractivity contribution < 1.29 is 21.1 Å². The van der Waals surface area contributed by atoms with E-state index in [0.29, 0.717) is 0 Å². The molecule has 0 N–H and O–H groups in total. The Kier molecular flexibility index (Phi) is 3.41. The average molecular weight is 489 g/mol. The molecule has 0 saturated heterocycles. The zero-order valence-electron chi connectivity index (χ0n) is 13.5. The van der Waals surface area contributed by atoms with Crippen molar-refractivity contribution in [2.75, 3.05) is 0 Å². The molecule has 120 valence electrons. The zero-order chi connectivity index (χ0) is 15.6. The smallest absolute Gasteiger partial charge is 0.0239 e. The Labute approximate surface area is 156 Å². The Morgan fingerprint density at radius 1 is 0.833 bits per heavy atom. The number of pyridine rings is 1. The molecule has 1 aromatic heterocycles. The van der Waals surface area contributed by atoms with Gasteiger partial charge in [-0.25, -0.2) is 0 Å². The summed E-state index contributed by atoms with van der Waals surface area (Å²) in [6.07, 6.45) is 1.99. The number of aromatic nitrogens is 1. The fourth-order valence-electron chi connectivity index (χ4n) is 4.15. The molecule has 1 aliphatic rings. The number of hydrogen-bond acceptors (Lipinski definition) is 1. The molecule has 1 nitrogen and oxygen atoms in total. The van der Waals surface area contributed by atoms with E-state index in [0.717, 1.165) is 11.3 Å². The molecule has 5 rings (SSSR count). The van der Waals surface area contributed by atoms with E-state index >= 15 is 0 Å². The standard InChI is InChI=1S/C22H16N.Pt/c1-22(2)19-16-9-5-3-7-14(16)11-12-18(19)21-20(22)17-10-6-4-8-15(17)13-23-21;/h3-11,13H,1-2H3;/q-1;. The third-order valence-corrected chi connectivity index (χ3v) is 5.14. The zero-order valence-corrected chi connectivity index (χ0v) is 15.8. The van der Waals surface area contributed by atoms with Gasteiger partial charge < -0.3 is 4.98 Å². The minimum atomic E-state index is -0.0735. The molecule has 0 bridgehead atoms. The van der Waals surface area contributed by atoms with E-state index in [1.54, 1.807) is 0 Å². The predicted octanol–water partition coefficient (Wildman–Crippen LogP) is 5.49. The molecule has 3 aromatic carbocycles. The van der Waals surface area contributed by atoms with Crippen molar-refractivity contribution in [3.05, 3.63) is 78.0 Å². The summed E-state index contributed by atoms with van der Waals surface area (Å²) in [6.45, 7) is 4.62. The van der Waals surface area contributed by atoms with Crippen molar-refractivity contribution in [1.29, 1.82) is 0 Å². The maximum atomic E-state index is 4.80. The first-order chi connectivity index (χ1) is 11.2. The molecule has 0 radical (unpaired) electrons. The minimum Gasteiger partial charge on any atom is -0.304 e. The number of hydrogen-bond donors (Lipinski definition) is 0. The van der Waals surface area contributed by atoms with Crippen LogP contribution in [0.5, 0.6) is 0 Å². The SMILES string of the molecule is CC1(C)c2c([c-]cc3ccccc23)-c2ncc3ccccc3c21.[Pt]. The van der Waals surface area contributed by atoms with E-state index in [1.807, 2.05) is 6.20 Å². The molecular formula is C22H16NPt-. The molecule has 0 atom stereocenters. The van der Waals surface area contributed by atoms with Crippen LogP contribution in [0.2, 0.25) is 0 Å². The van der Waals surface area contributed by atoms with Crippen LogP contribution in [0.3, 0.4) is 0 Å². The average Bonchev–Trinajstić information content (AvgIpc) is 2.83. The summed E-state index contributed by atoms with van der Waals surface area (Å²) in [5.74, 6) is 0. The van der Waals surface area contributed by atoms with Crippen LogP contribution in [0.25, 0.3) is 32.8 Å². The van der Waals surface area contributed by atoms with Crippen LogP contribution in [-0.2, 0) is 26.5 Å². The predicted molar refractivity (Wildman–Crippen MR) is 95.6 cm³/mol. The summed E-state index contributed by atoms with van der Waals surface area (Å²) < 4.78 is 0.